The van der Waals surface area contributed by atoms with Crippen LogP contribution in [-0.4, -0.2) is 0 Å². The van der Waals surface area contributed by atoms with Crippen LogP contribution < -0.4 is 4.90 Å². The minimum absolute atomic E-state index is 0.458. The number of anilines is 3. The Morgan fingerprint density at radius 2 is 0.800 bits per heavy atom. The Balaban J connectivity index is 0.934. The van der Waals surface area contributed by atoms with Crippen molar-refractivity contribution < 1.29 is 4.42 Å². The van der Waals surface area contributed by atoms with E-state index in [9.17, 15) is 0 Å². The third kappa shape index (κ3) is 5.23. The summed E-state index contributed by atoms with van der Waals surface area (Å²) in [6, 6.07) is 87.1. The van der Waals surface area contributed by atoms with Crippen LogP contribution in [0.1, 0.15) is 22.3 Å². The van der Waals surface area contributed by atoms with E-state index in [0.29, 0.717) is 0 Å². The van der Waals surface area contributed by atoms with Gasteiger partial charge in [0.1, 0.15) is 5.58 Å². The number of rotatable bonds is 5. The molecule has 0 atom stereocenters. The van der Waals surface area contributed by atoms with E-state index in [1.54, 1.807) is 0 Å². The van der Waals surface area contributed by atoms with E-state index in [-0.39, 0.29) is 0 Å². The largest absolute Gasteiger partial charge is 0.454 e. The van der Waals surface area contributed by atoms with Gasteiger partial charge in [-0.15, -0.1) is 0 Å². The maximum atomic E-state index is 6.79. The van der Waals surface area contributed by atoms with Crippen molar-refractivity contribution in [3.63, 3.8) is 0 Å². The van der Waals surface area contributed by atoms with Gasteiger partial charge in [-0.3, -0.25) is 0 Å². The molecular weight excluding hydrogens is 787 g/mol. The second-order valence-electron chi connectivity index (χ2n) is 17.6. The molecule has 2 aliphatic rings. The van der Waals surface area contributed by atoms with Crippen LogP contribution in [0.2, 0.25) is 0 Å². The molecule has 0 unspecified atom stereocenters. The lowest BCUT2D eigenvalue weighted by molar-refractivity contribution is 0.669. The normalized spacial score (nSPS) is 13.0. The van der Waals surface area contributed by atoms with Gasteiger partial charge in [0.2, 0.25) is 0 Å². The second-order valence-corrected chi connectivity index (χ2v) is 17.6. The smallest absolute Gasteiger partial charge is 0.159 e. The van der Waals surface area contributed by atoms with Crippen LogP contribution in [0.15, 0.2) is 241 Å². The molecule has 2 aliphatic carbocycles. The van der Waals surface area contributed by atoms with E-state index in [4.69, 9.17) is 4.42 Å². The summed E-state index contributed by atoms with van der Waals surface area (Å²) in [5.41, 5.74) is 19.7. The zero-order valence-electron chi connectivity index (χ0n) is 35.4. The number of nitrogens with zero attached hydrogens (tertiary/aromatic N) is 1. The molecule has 0 N–H and O–H groups in total. The van der Waals surface area contributed by atoms with Gasteiger partial charge in [-0.25, -0.2) is 0 Å². The highest BCUT2D eigenvalue weighted by Gasteiger charge is 2.51. The first kappa shape index (κ1) is 36.1. The van der Waals surface area contributed by atoms with Crippen LogP contribution in [0.5, 0.6) is 0 Å². The fourth-order valence-corrected chi connectivity index (χ4v) is 11.3. The number of hydrogen-bond donors (Lipinski definition) is 0. The van der Waals surface area contributed by atoms with Gasteiger partial charge in [-0.2, -0.15) is 0 Å². The molecule has 0 saturated carbocycles. The van der Waals surface area contributed by atoms with Gasteiger partial charge in [-0.05, 0) is 143 Å². The van der Waals surface area contributed by atoms with Crippen LogP contribution in [0, 0.1) is 0 Å². The first-order valence-electron chi connectivity index (χ1n) is 22.5. The molecule has 0 bridgehead atoms. The van der Waals surface area contributed by atoms with Gasteiger partial charge in [0.15, 0.2) is 5.58 Å². The van der Waals surface area contributed by atoms with Crippen LogP contribution >= 0.6 is 0 Å². The summed E-state index contributed by atoms with van der Waals surface area (Å²) in [7, 11) is 0. The summed E-state index contributed by atoms with van der Waals surface area (Å²) in [6.45, 7) is 0. The Bertz CT molecular complexity index is 3850. The monoisotopic (exact) mass is 825 g/mol. The standard InChI is InChI=1S/C63H39NO/c1-2-13-43-36-45(28-24-40(43)12-1)46-29-26-42-25-27-44(37-47(42)38-46)41-30-32-48(33-31-41)64(60-22-11-18-55-54-17-6-10-23-61(54)65-62(55)60)49-34-35-53-52-16-5-9-21-58(52)63(59(53)39-49)56-19-7-3-14-50(56)51-15-4-8-20-57(51)63/h1-39H. The fourth-order valence-electron chi connectivity index (χ4n) is 11.3. The average molecular weight is 826 g/mol. The predicted octanol–water partition coefficient (Wildman–Crippen LogP) is 17.0. The molecule has 1 spiro atoms. The third-order valence-corrected chi connectivity index (χ3v) is 14.2. The van der Waals surface area contributed by atoms with E-state index in [1.807, 2.05) is 6.07 Å². The fraction of sp³-hybridized carbons (Fsp3) is 0.0159. The lowest BCUT2D eigenvalue weighted by atomic mass is 9.70. The molecule has 2 heteroatoms. The molecule has 0 saturated heterocycles. The number of para-hydroxylation sites is 2. The van der Waals surface area contributed by atoms with E-state index in [2.05, 4.69) is 235 Å². The Labute approximate surface area is 376 Å². The van der Waals surface area contributed by atoms with Crippen LogP contribution in [-0.2, 0) is 5.41 Å². The molecule has 14 rings (SSSR count). The van der Waals surface area contributed by atoms with Crippen molar-refractivity contribution in [2.45, 2.75) is 5.41 Å². The van der Waals surface area contributed by atoms with Gasteiger partial charge in [0.05, 0.1) is 11.1 Å². The van der Waals surface area contributed by atoms with E-state index in [0.717, 1.165) is 44.6 Å². The van der Waals surface area contributed by atoms with Crippen molar-refractivity contribution in [2.75, 3.05) is 4.90 Å². The first-order valence-corrected chi connectivity index (χ1v) is 22.5. The quantitative estimate of drug-likeness (QED) is 0.172. The predicted molar refractivity (Wildman–Crippen MR) is 271 cm³/mol. The minimum Gasteiger partial charge on any atom is -0.454 e. The second kappa shape index (κ2) is 13.8. The molecule has 0 amide bonds. The number of fused-ring (bicyclic) bond motifs is 15. The summed E-state index contributed by atoms with van der Waals surface area (Å²) in [6.07, 6.45) is 0. The summed E-state index contributed by atoms with van der Waals surface area (Å²) in [5, 5.41) is 7.17. The Kier molecular flexibility index (Phi) is 7.64. The van der Waals surface area contributed by atoms with E-state index < -0.39 is 5.41 Å². The molecule has 2 nitrogen and oxygen atoms in total. The molecule has 1 aromatic heterocycles. The number of furan rings is 1. The molecule has 0 aliphatic heterocycles. The van der Waals surface area contributed by atoms with Crippen molar-refractivity contribution in [3.8, 4) is 44.5 Å². The van der Waals surface area contributed by atoms with E-state index in [1.165, 1.54) is 82.7 Å². The first-order chi connectivity index (χ1) is 32.2. The number of benzene rings is 11. The van der Waals surface area contributed by atoms with Crippen molar-refractivity contribution in [1.29, 1.82) is 0 Å². The van der Waals surface area contributed by atoms with Crippen molar-refractivity contribution in [3.05, 3.63) is 259 Å². The summed E-state index contributed by atoms with van der Waals surface area (Å²) in [4.78, 5) is 2.40. The molecule has 11 aromatic carbocycles. The molecule has 0 radical (unpaired) electrons. The van der Waals surface area contributed by atoms with Crippen LogP contribution in [0.3, 0.4) is 0 Å². The molecule has 65 heavy (non-hydrogen) atoms. The lowest BCUT2D eigenvalue weighted by Crippen LogP contribution is -2.26. The SMILES string of the molecule is c1ccc2c(c1)-c1ccccc1C21c2ccccc2-c2ccc(N(c3ccc(-c4ccc5ccc(-c6ccc7ccccc7c6)cc5c4)cc3)c3cccc4c3oc3ccccc34)cc21. The highest BCUT2D eigenvalue weighted by atomic mass is 16.3. The Morgan fingerprint density at radius 1 is 0.308 bits per heavy atom. The summed E-state index contributed by atoms with van der Waals surface area (Å²) >= 11 is 0. The average Bonchev–Trinajstić information content (AvgIpc) is 4.01. The van der Waals surface area contributed by atoms with Crippen LogP contribution in [0.4, 0.5) is 17.1 Å². The maximum Gasteiger partial charge on any atom is 0.159 e. The maximum absolute atomic E-state index is 6.79. The van der Waals surface area contributed by atoms with Gasteiger partial charge in [0, 0.05) is 22.1 Å². The molecule has 302 valence electrons. The van der Waals surface area contributed by atoms with Gasteiger partial charge in [-0.1, -0.05) is 182 Å². The number of hydrogen-bond acceptors (Lipinski definition) is 2. The highest BCUT2D eigenvalue weighted by molar-refractivity contribution is 6.10. The zero-order chi connectivity index (χ0) is 42.6. The van der Waals surface area contributed by atoms with E-state index >= 15 is 0 Å². The molecular formula is C63H39NO. The highest BCUT2D eigenvalue weighted by Crippen LogP contribution is 2.63. The van der Waals surface area contributed by atoms with Gasteiger partial charge < -0.3 is 9.32 Å². The zero-order valence-corrected chi connectivity index (χ0v) is 35.4. The molecule has 12 aromatic rings. The van der Waals surface area contributed by atoms with Gasteiger partial charge in [0.25, 0.3) is 0 Å². The third-order valence-electron chi connectivity index (χ3n) is 14.2. The summed E-state index contributed by atoms with van der Waals surface area (Å²) < 4.78 is 6.79. The summed E-state index contributed by atoms with van der Waals surface area (Å²) in [5.74, 6) is 0. The van der Waals surface area contributed by atoms with Crippen molar-refractivity contribution in [1.82, 2.24) is 0 Å². The Morgan fingerprint density at radius 3 is 1.48 bits per heavy atom. The molecule has 0 fully saturated rings. The van der Waals surface area contributed by atoms with Crippen LogP contribution in [0.25, 0.3) is 88.0 Å². The topological polar surface area (TPSA) is 16.4 Å². The van der Waals surface area contributed by atoms with Crippen molar-refractivity contribution in [2.24, 2.45) is 0 Å². The lowest BCUT2D eigenvalue weighted by Gasteiger charge is -2.32. The van der Waals surface area contributed by atoms with Gasteiger partial charge >= 0.3 is 0 Å². The Hall–Kier alpha value is -8.46. The molecule has 1 heterocycles. The van der Waals surface area contributed by atoms with Crippen molar-refractivity contribution >= 4 is 60.5 Å². The minimum atomic E-state index is -0.458.